The normalized spacial score (nSPS) is 30.9. The maximum Gasteiger partial charge on any atom is 0.266 e. The molecular weight excluding hydrogens is 186 g/mol. The first kappa shape index (κ1) is 8.67. The molecule has 2 aliphatic rings. The van der Waals surface area contributed by atoms with E-state index in [-0.39, 0.29) is 17.8 Å². The number of nitrogens with zero attached hydrogens (tertiary/aromatic N) is 3. The molecule has 0 saturated carbocycles. The van der Waals surface area contributed by atoms with Gasteiger partial charge >= 0.3 is 0 Å². The Labute approximate surface area is 79.7 Å². The van der Waals surface area contributed by atoms with Crippen LogP contribution in [0, 0.1) is 0 Å². The third kappa shape index (κ3) is 1.13. The number of guanidine groups is 1. The molecule has 7 heteroatoms. The van der Waals surface area contributed by atoms with Gasteiger partial charge in [-0.1, -0.05) is 0 Å². The number of rotatable bonds is 0. The highest BCUT2D eigenvalue weighted by molar-refractivity contribution is 6.27. The van der Waals surface area contributed by atoms with E-state index in [1.807, 2.05) is 0 Å². The van der Waals surface area contributed by atoms with Gasteiger partial charge in [-0.2, -0.15) is 0 Å². The van der Waals surface area contributed by atoms with Gasteiger partial charge in [0.2, 0.25) is 0 Å². The summed E-state index contributed by atoms with van der Waals surface area (Å²) in [5.74, 6) is -0.594. The van der Waals surface area contributed by atoms with E-state index in [1.165, 1.54) is 4.90 Å². The molecule has 0 aliphatic carbocycles. The Morgan fingerprint density at radius 3 is 3.00 bits per heavy atom. The molecule has 74 valence electrons. The van der Waals surface area contributed by atoms with Gasteiger partial charge in [0.1, 0.15) is 0 Å². The van der Waals surface area contributed by atoms with Crippen LogP contribution in [0.2, 0.25) is 0 Å². The molecule has 0 spiro atoms. The summed E-state index contributed by atoms with van der Waals surface area (Å²) in [6, 6.07) is -0.676. The SMILES string of the molecule is CN1C(=O)C=NC2C(=O)NC(N)=NC21. The van der Waals surface area contributed by atoms with E-state index < -0.39 is 12.2 Å². The third-order valence-corrected chi connectivity index (χ3v) is 2.16. The fourth-order valence-electron chi connectivity index (χ4n) is 1.39. The molecule has 0 saturated heterocycles. The number of nitrogens with one attached hydrogen (secondary N) is 1. The second kappa shape index (κ2) is 2.79. The Bertz CT molecular complexity index is 361. The zero-order valence-corrected chi connectivity index (χ0v) is 7.47. The summed E-state index contributed by atoms with van der Waals surface area (Å²) < 4.78 is 0. The topological polar surface area (TPSA) is 100 Å². The molecule has 0 radical (unpaired) electrons. The van der Waals surface area contributed by atoms with Crippen molar-refractivity contribution in [2.24, 2.45) is 15.7 Å². The van der Waals surface area contributed by atoms with E-state index in [2.05, 4.69) is 15.3 Å². The van der Waals surface area contributed by atoms with Crippen LogP contribution < -0.4 is 11.1 Å². The van der Waals surface area contributed by atoms with Crippen molar-refractivity contribution in [3.8, 4) is 0 Å². The second-order valence-electron chi connectivity index (χ2n) is 3.09. The van der Waals surface area contributed by atoms with E-state index in [0.29, 0.717) is 0 Å². The van der Waals surface area contributed by atoms with Crippen molar-refractivity contribution >= 4 is 24.0 Å². The molecule has 2 atom stereocenters. The van der Waals surface area contributed by atoms with Crippen LogP contribution in [0.4, 0.5) is 0 Å². The van der Waals surface area contributed by atoms with Crippen LogP contribution >= 0.6 is 0 Å². The summed E-state index contributed by atoms with van der Waals surface area (Å²) in [7, 11) is 1.56. The Kier molecular flexibility index (Phi) is 1.73. The second-order valence-corrected chi connectivity index (χ2v) is 3.09. The van der Waals surface area contributed by atoms with Gasteiger partial charge in [0, 0.05) is 7.05 Å². The fraction of sp³-hybridized carbons (Fsp3) is 0.429. The number of hydrogen-bond acceptors (Lipinski definition) is 5. The average molecular weight is 195 g/mol. The summed E-state index contributed by atoms with van der Waals surface area (Å²) >= 11 is 0. The van der Waals surface area contributed by atoms with Crippen molar-refractivity contribution in [3.63, 3.8) is 0 Å². The largest absolute Gasteiger partial charge is 0.370 e. The van der Waals surface area contributed by atoms with E-state index >= 15 is 0 Å². The van der Waals surface area contributed by atoms with Crippen molar-refractivity contribution in [2.75, 3.05) is 7.05 Å². The predicted octanol–water partition coefficient (Wildman–Crippen LogP) is -2.33. The number of nitrogens with two attached hydrogens (primary N) is 1. The number of hydrogen-bond donors (Lipinski definition) is 2. The van der Waals surface area contributed by atoms with Crippen LogP contribution in [0.15, 0.2) is 9.98 Å². The van der Waals surface area contributed by atoms with Gasteiger partial charge in [0.25, 0.3) is 11.8 Å². The summed E-state index contributed by atoms with van der Waals surface area (Å²) in [5, 5.41) is 2.35. The number of fused-ring (bicyclic) bond motifs is 1. The molecule has 14 heavy (non-hydrogen) atoms. The highest BCUT2D eigenvalue weighted by atomic mass is 16.2. The molecular formula is C7H9N5O2. The minimum atomic E-state index is -0.676. The van der Waals surface area contributed by atoms with Crippen LogP contribution in [0.5, 0.6) is 0 Å². The lowest BCUT2D eigenvalue weighted by Gasteiger charge is -2.33. The summed E-state index contributed by atoms with van der Waals surface area (Å²) in [4.78, 5) is 31.6. The summed E-state index contributed by atoms with van der Waals surface area (Å²) in [6.45, 7) is 0. The van der Waals surface area contributed by atoms with Gasteiger partial charge in [-0.3, -0.25) is 19.9 Å². The lowest BCUT2D eigenvalue weighted by Crippen LogP contribution is -2.59. The number of aliphatic imine (C=N–C) groups is 2. The quantitative estimate of drug-likeness (QED) is 0.453. The summed E-state index contributed by atoms with van der Waals surface area (Å²) in [5.41, 5.74) is 5.37. The van der Waals surface area contributed by atoms with Crippen molar-refractivity contribution in [1.29, 1.82) is 0 Å². The number of amides is 2. The Morgan fingerprint density at radius 1 is 1.57 bits per heavy atom. The van der Waals surface area contributed by atoms with E-state index in [1.54, 1.807) is 7.05 Å². The number of likely N-dealkylation sites (N-methyl/N-ethyl adjacent to an activating group) is 1. The highest BCUT2D eigenvalue weighted by Gasteiger charge is 2.38. The maximum absolute atomic E-state index is 11.4. The number of carbonyl (C=O) groups excluding carboxylic acids is 2. The molecule has 0 fully saturated rings. The molecule has 2 rings (SSSR count). The number of carbonyl (C=O) groups is 2. The van der Waals surface area contributed by atoms with E-state index in [9.17, 15) is 9.59 Å². The van der Waals surface area contributed by atoms with Crippen LogP contribution in [-0.2, 0) is 9.59 Å². The van der Waals surface area contributed by atoms with Gasteiger partial charge in [-0.25, -0.2) is 4.99 Å². The zero-order valence-electron chi connectivity index (χ0n) is 7.47. The molecule has 0 aromatic heterocycles. The first-order valence-electron chi connectivity index (χ1n) is 4.03. The van der Waals surface area contributed by atoms with Gasteiger partial charge in [-0.15, -0.1) is 0 Å². The molecule has 7 nitrogen and oxygen atoms in total. The highest BCUT2D eigenvalue weighted by Crippen LogP contribution is 2.15. The average Bonchev–Trinajstić information content (AvgIpc) is 2.12. The lowest BCUT2D eigenvalue weighted by atomic mass is 10.1. The minimum absolute atomic E-state index is 0.0213. The van der Waals surface area contributed by atoms with E-state index in [4.69, 9.17) is 5.73 Å². The van der Waals surface area contributed by atoms with Gasteiger partial charge in [-0.05, 0) is 0 Å². The molecule has 0 aromatic carbocycles. The smallest absolute Gasteiger partial charge is 0.266 e. The first-order valence-corrected chi connectivity index (χ1v) is 4.03. The van der Waals surface area contributed by atoms with Gasteiger partial charge < -0.3 is 10.6 Å². The van der Waals surface area contributed by atoms with Crippen molar-refractivity contribution in [1.82, 2.24) is 10.2 Å². The monoisotopic (exact) mass is 195 g/mol. The molecule has 2 aliphatic heterocycles. The molecule has 0 bridgehead atoms. The molecule has 0 aromatic rings. The Morgan fingerprint density at radius 2 is 2.29 bits per heavy atom. The van der Waals surface area contributed by atoms with Crippen LogP contribution in [-0.4, -0.2) is 48.1 Å². The standard InChI is InChI=1S/C7H9N5O2/c1-12-3(13)2-9-4-5(12)10-7(8)11-6(4)14/h2,4-5H,1H3,(H3,8,10,11,14). The van der Waals surface area contributed by atoms with Crippen LogP contribution in [0.1, 0.15) is 0 Å². The molecule has 2 unspecified atom stereocenters. The Balaban J connectivity index is 2.40. The van der Waals surface area contributed by atoms with Crippen molar-refractivity contribution < 1.29 is 9.59 Å². The van der Waals surface area contributed by atoms with Gasteiger partial charge in [0.15, 0.2) is 18.2 Å². The van der Waals surface area contributed by atoms with Crippen molar-refractivity contribution in [2.45, 2.75) is 12.2 Å². The third-order valence-electron chi connectivity index (χ3n) is 2.16. The van der Waals surface area contributed by atoms with Crippen molar-refractivity contribution in [3.05, 3.63) is 0 Å². The van der Waals surface area contributed by atoms with Crippen LogP contribution in [0.3, 0.4) is 0 Å². The minimum Gasteiger partial charge on any atom is -0.370 e. The fourth-order valence-corrected chi connectivity index (χ4v) is 1.39. The lowest BCUT2D eigenvalue weighted by molar-refractivity contribution is -0.129. The zero-order chi connectivity index (χ0) is 10.3. The predicted molar refractivity (Wildman–Crippen MR) is 48.6 cm³/mol. The summed E-state index contributed by atoms with van der Waals surface area (Å²) in [6.07, 6.45) is 0.513. The molecule has 3 N–H and O–H groups in total. The van der Waals surface area contributed by atoms with Gasteiger partial charge in [0.05, 0.1) is 6.21 Å². The molecule has 2 heterocycles. The Hall–Kier alpha value is -1.92. The first-order chi connectivity index (χ1) is 6.59. The van der Waals surface area contributed by atoms with Crippen LogP contribution in [0.25, 0.3) is 0 Å². The maximum atomic E-state index is 11.4. The molecule has 2 amide bonds. The van der Waals surface area contributed by atoms with E-state index in [0.717, 1.165) is 6.21 Å².